The number of aromatic nitrogens is 1. The molecule has 5 heteroatoms. The Hall–Kier alpha value is -3.34. The van der Waals surface area contributed by atoms with E-state index in [1.807, 2.05) is 49.4 Å². The van der Waals surface area contributed by atoms with E-state index >= 15 is 0 Å². The Morgan fingerprint density at radius 2 is 1.84 bits per heavy atom. The first kappa shape index (κ1) is 21.9. The fraction of sp³-hybridized carbons (Fsp3) is 0.333. The molecule has 3 aromatic rings. The van der Waals surface area contributed by atoms with E-state index in [0.29, 0.717) is 25.1 Å². The van der Waals surface area contributed by atoms with Crippen LogP contribution in [0.1, 0.15) is 59.4 Å². The molecule has 0 saturated heterocycles. The molecule has 5 nitrogen and oxygen atoms in total. The van der Waals surface area contributed by atoms with Crippen LogP contribution >= 0.6 is 0 Å². The van der Waals surface area contributed by atoms with Crippen molar-refractivity contribution in [3.05, 3.63) is 83.0 Å². The molecule has 166 valence electrons. The van der Waals surface area contributed by atoms with Gasteiger partial charge in [0.05, 0.1) is 18.2 Å². The molecule has 32 heavy (non-hydrogen) atoms. The first-order valence-electron chi connectivity index (χ1n) is 11.4. The summed E-state index contributed by atoms with van der Waals surface area (Å²) >= 11 is 0. The van der Waals surface area contributed by atoms with Crippen LogP contribution < -0.4 is 5.32 Å². The van der Waals surface area contributed by atoms with Crippen molar-refractivity contribution in [2.24, 2.45) is 0 Å². The summed E-state index contributed by atoms with van der Waals surface area (Å²) < 4.78 is 7.29. The number of hydrogen-bond acceptors (Lipinski definition) is 3. The van der Waals surface area contributed by atoms with Crippen LogP contribution in [0.2, 0.25) is 0 Å². The lowest BCUT2D eigenvalue weighted by Crippen LogP contribution is -2.31. The number of ether oxygens (including phenoxy) is 1. The minimum atomic E-state index is -0.329. The second-order valence-corrected chi connectivity index (χ2v) is 8.23. The Bertz CT molecular complexity index is 1100. The monoisotopic (exact) mass is 430 g/mol. The summed E-state index contributed by atoms with van der Waals surface area (Å²) in [5.74, 6) is -0.305. The Balaban J connectivity index is 1.52. The maximum absolute atomic E-state index is 12.9. The molecule has 0 aliphatic heterocycles. The van der Waals surface area contributed by atoms with E-state index in [0.717, 1.165) is 36.2 Å². The molecule has 1 aromatic heterocycles. The van der Waals surface area contributed by atoms with Gasteiger partial charge in [-0.2, -0.15) is 0 Å². The molecule has 0 fully saturated rings. The molecule has 0 radical (unpaired) electrons. The number of aryl methyl sites for hydroxylation is 1. The lowest BCUT2D eigenvalue weighted by molar-refractivity contribution is -0.122. The van der Waals surface area contributed by atoms with E-state index in [9.17, 15) is 9.59 Å². The van der Waals surface area contributed by atoms with Gasteiger partial charge in [-0.15, -0.1) is 0 Å². The van der Waals surface area contributed by atoms with E-state index in [2.05, 4.69) is 28.1 Å². The average molecular weight is 431 g/mol. The minimum Gasteiger partial charge on any atom is -0.462 e. The predicted molar refractivity (Wildman–Crippen MR) is 125 cm³/mol. The zero-order valence-corrected chi connectivity index (χ0v) is 18.8. The summed E-state index contributed by atoms with van der Waals surface area (Å²) in [5.41, 5.74) is 5.86. The summed E-state index contributed by atoms with van der Waals surface area (Å²) in [6.45, 7) is 4.54. The topological polar surface area (TPSA) is 60.3 Å². The number of amides is 1. The zero-order chi connectivity index (χ0) is 22.5. The van der Waals surface area contributed by atoms with Crippen LogP contribution in [-0.4, -0.2) is 23.1 Å². The molecule has 1 atom stereocenters. The standard InChI is InChI=1S/C27H30N2O3/c1-3-32-27(31)23-18-25(21-11-5-4-6-12-21)29(19(23)2)17-16-26(30)28-24-15-9-13-20-10-7-8-14-22(20)24/h4-8,10-12,14,18,24H,3,9,13,15-17H2,1-2H3,(H,28,30)/t24-/m0/s1. The molecule has 0 unspecified atom stereocenters. The van der Waals surface area contributed by atoms with Crippen LogP contribution in [-0.2, 0) is 22.5 Å². The number of carbonyl (C=O) groups is 2. The number of rotatable bonds is 7. The molecule has 0 saturated carbocycles. The minimum absolute atomic E-state index is 0.0245. The number of carbonyl (C=O) groups excluding carboxylic acids is 2. The largest absolute Gasteiger partial charge is 0.462 e. The third kappa shape index (κ3) is 4.62. The van der Waals surface area contributed by atoms with E-state index < -0.39 is 0 Å². The first-order chi connectivity index (χ1) is 15.6. The van der Waals surface area contributed by atoms with Gasteiger partial charge < -0.3 is 14.6 Å². The Morgan fingerprint density at radius 3 is 2.62 bits per heavy atom. The van der Waals surface area contributed by atoms with Gasteiger partial charge in [-0.3, -0.25) is 4.79 Å². The van der Waals surface area contributed by atoms with Gasteiger partial charge in [0, 0.05) is 24.4 Å². The number of fused-ring (bicyclic) bond motifs is 1. The molecular weight excluding hydrogens is 400 g/mol. The highest BCUT2D eigenvalue weighted by atomic mass is 16.5. The van der Waals surface area contributed by atoms with Crippen molar-refractivity contribution >= 4 is 11.9 Å². The maximum Gasteiger partial charge on any atom is 0.339 e. The van der Waals surface area contributed by atoms with Crippen LogP contribution in [0.25, 0.3) is 11.3 Å². The molecule has 1 aliphatic carbocycles. The van der Waals surface area contributed by atoms with E-state index in [-0.39, 0.29) is 17.9 Å². The summed E-state index contributed by atoms with van der Waals surface area (Å²) in [4.78, 5) is 25.3. The number of nitrogens with one attached hydrogen (secondary N) is 1. The van der Waals surface area contributed by atoms with Crippen molar-refractivity contribution in [2.45, 2.75) is 52.1 Å². The maximum atomic E-state index is 12.9. The van der Waals surface area contributed by atoms with Gasteiger partial charge in [0.15, 0.2) is 0 Å². The smallest absolute Gasteiger partial charge is 0.339 e. The van der Waals surface area contributed by atoms with Crippen molar-refractivity contribution in [1.29, 1.82) is 0 Å². The predicted octanol–water partition coefficient (Wildman–Crippen LogP) is 5.22. The normalized spacial score (nSPS) is 15.1. The number of hydrogen-bond donors (Lipinski definition) is 1. The lowest BCUT2D eigenvalue weighted by Gasteiger charge is -2.26. The SMILES string of the molecule is CCOC(=O)c1cc(-c2ccccc2)n(CCC(=O)N[C@H]2CCCc3ccccc32)c1C. The Morgan fingerprint density at radius 1 is 1.09 bits per heavy atom. The van der Waals surface area contributed by atoms with Crippen molar-refractivity contribution in [1.82, 2.24) is 9.88 Å². The van der Waals surface area contributed by atoms with E-state index in [4.69, 9.17) is 4.74 Å². The van der Waals surface area contributed by atoms with Gasteiger partial charge in [0.1, 0.15) is 0 Å². The van der Waals surface area contributed by atoms with Crippen LogP contribution in [0.4, 0.5) is 0 Å². The average Bonchev–Trinajstić information content (AvgIpc) is 3.15. The summed E-state index contributed by atoms with van der Waals surface area (Å²) in [5, 5.41) is 3.23. The highest BCUT2D eigenvalue weighted by Gasteiger charge is 2.23. The van der Waals surface area contributed by atoms with Gasteiger partial charge in [0.25, 0.3) is 0 Å². The zero-order valence-electron chi connectivity index (χ0n) is 18.8. The molecule has 1 amide bonds. The molecule has 1 N–H and O–H groups in total. The van der Waals surface area contributed by atoms with Crippen molar-refractivity contribution in [2.75, 3.05) is 6.61 Å². The van der Waals surface area contributed by atoms with Crippen molar-refractivity contribution in [3.63, 3.8) is 0 Å². The van der Waals surface area contributed by atoms with Gasteiger partial charge in [-0.25, -0.2) is 4.79 Å². The molecule has 0 bridgehead atoms. The molecule has 1 heterocycles. The third-order valence-electron chi connectivity index (χ3n) is 6.20. The van der Waals surface area contributed by atoms with Crippen LogP contribution in [0.15, 0.2) is 60.7 Å². The lowest BCUT2D eigenvalue weighted by atomic mass is 9.87. The van der Waals surface area contributed by atoms with E-state index in [1.54, 1.807) is 6.92 Å². The summed E-state index contributed by atoms with van der Waals surface area (Å²) in [6, 6.07) is 20.2. The molecular formula is C27H30N2O3. The van der Waals surface area contributed by atoms with Crippen LogP contribution in [0.5, 0.6) is 0 Å². The molecule has 2 aromatic carbocycles. The summed E-state index contributed by atoms with van der Waals surface area (Å²) in [6.07, 6.45) is 3.46. The van der Waals surface area contributed by atoms with Crippen LogP contribution in [0.3, 0.4) is 0 Å². The Kier molecular flexibility index (Phi) is 6.74. The number of esters is 1. The fourth-order valence-electron chi connectivity index (χ4n) is 4.58. The third-order valence-corrected chi connectivity index (χ3v) is 6.20. The second-order valence-electron chi connectivity index (χ2n) is 8.23. The second kappa shape index (κ2) is 9.86. The van der Waals surface area contributed by atoms with Crippen LogP contribution in [0, 0.1) is 6.92 Å². The van der Waals surface area contributed by atoms with Crippen molar-refractivity contribution < 1.29 is 14.3 Å². The van der Waals surface area contributed by atoms with E-state index in [1.165, 1.54) is 11.1 Å². The highest BCUT2D eigenvalue weighted by molar-refractivity contribution is 5.92. The first-order valence-corrected chi connectivity index (χ1v) is 11.4. The fourth-order valence-corrected chi connectivity index (χ4v) is 4.58. The van der Waals surface area contributed by atoms with Crippen molar-refractivity contribution in [3.8, 4) is 11.3 Å². The number of benzene rings is 2. The quantitative estimate of drug-likeness (QED) is 0.523. The van der Waals surface area contributed by atoms with Gasteiger partial charge >= 0.3 is 5.97 Å². The van der Waals surface area contributed by atoms with Gasteiger partial charge in [-0.1, -0.05) is 54.6 Å². The highest BCUT2D eigenvalue weighted by Crippen LogP contribution is 2.30. The number of nitrogens with zero attached hydrogens (tertiary/aromatic N) is 1. The molecule has 1 aliphatic rings. The Labute approximate surface area is 189 Å². The van der Waals surface area contributed by atoms with Gasteiger partial charge in [0.2, 0.25) is 5.91 Å². The molecule has 4 rings (SSSR count). The van der Waals surface area contributed by atoms with Gasteiger partial charge in [-0.05, 0) is 55.9 Å². The summed E-state index contributed by atoms with van der Waals surface area (Å²) in [7, 11) is 0. The molecule has 0 spiro atoms.